The van der Waals surface area contributed by atoms with Gasteiger partial charge >= 0.3 is 0 Å². The van der Waals surface area contributed by atoms with Crippen LogP contribution in [0, 0.1) is 0 Å². The molecule has 1 aliphatic heterocycles. The lowest BCUT2D eigenvalue weighted by molar-refractivity contribution is 0.0544. The third-order valence-electron chi connectivity index (χ3n) is 3.09. The van der Waals surface area contributed by atoms with Crippen molar-refractivity contribution in [3.05, 3.63) is 34.2 Å². The standard InChI is InChI=1S/C12H17N3O2/c1-8-6-13-7-9(2)15(8)12(17)10-3-4-14-11(16)5-10/h3-5,8-9,13H,6-7H2,1-2H3,(H,14,16). The summed E-state index contributed by atoms with van der Waals surface area (Å²) in [6.45, 7) is 5.60. The van der Waals surface area contributed by atoms with Crippen LogP contribution < -0.4 is 10.9 Å². The Kier molecular flexibility index (Phi) is 3.28. The molecule has 5 heteroatoms. The minimum Gasteiger partial charge on any atom is -0.331 e. The quantitative estimate of drug-likeness (QED) is 0.730. The second-order valence-corrected chi connectivity index (χ2v) is 4.51. The van der Waals surface area contributed by atoms with Crippen LogP contribution in [0.2, 0.25) is 0 Å². The predicted molar refractivity (Wildman–Crippen MR) is 65.0 cm³/mol. The highest BCUT2D eigenvalue weighted by Gasteiger charge is 2.29. The van der Waals surface area contributed by atoms with Crippen LogP contribution in [0.3, 0.4) is 0 Å². The number of amides is 1. The molecule has 0 saturated carbocycles. The molecule has 2 rings (SSSR count). The van der Waals surface area contributed by atoms with Gasteiger partial charge in [0, 0.05) is 43.0 Å². The molecule has 1 saturated heterocycles. The smallest absolute Gasteiger partial charge is 0.254 e. The van der Waals surface area contributed by atoms with Crippen LogP contribution in [0.15, 0.2) is 23.1 Å². The molecule has 0 aromatic carbocycles. The first-order valence-corrected chi connectivity index (χ1v) is 5.81. The van der Waals surface area contributed by atoms with Crippen LogP contribution in [0.4, 0.5) is 0 Å². The van der Waals surface area contributed by atoms with Crippen LogP contribution >= 0.6 is 0 Å². The second-order valence-electron chi connectivity index (χ2n) is 4.51. The molecular formula is C12H17N3O2. The van der Waals surface area contributed by atoms with Gasteiger partial charge < -0.3 is 15.2 Å². The highest BCUT2D eigenvalue weighted by atomic mass is 16.2. The third-order valence-corrected chi connectivity index (χ3v) is 3.09. The van der Waals surface area contributed by atoms with E-state index in [1.165, 1.54) is 12.3 Å². The first-order valence-electron chi connectivity index (χ1n) is 5.81. The van der Waals surface area contributed by atoms with Crippen molar-refractivity contribution in [2.75, 3.05) is 13.1 Å². The first-order chi connectivity index (χ1) is 8.09. The summed E-state index contributed by atoms with van der Waals surface area (Å²) in [7, 11) is 0. The van der Waals surface area contributed by atoms with E-state index in [1.807, 2.05) is 18.7 Å². The maximum Gasteiger partial charge on any atom is 0.254 e. The van der Waals surface area contributed by atoms with E-state index in [1.54, 1.807) is 6.07 Å². The Labute approximate surface area is 99.8 Å². The lowest BCUT2D eigenvalue weighted by Gasteiger charge is -2.39. The van der Waals surface area contributed by atoms with E-state index in [0.717, 1.165) is 13.1 Å². The summed E-state index contributed by atoms with van der Waals surface area (Å²) in [6.07, 6.45) is 1.51. The number of carbonyl (C=O) groups excluding carboxylic acids is 1. The van der Waals surface area contributed by atoms with Crippen molar-refractivity contribution in [2.24, 2.45) is 0 Å². The number of hydrogen-bond acceptors (Lipinski definition) is 3. The first kappa shape index (κ1) is 11.9. The SMILES string of the molecule is CC1CNCC(C)N1C(=O)c1cc[nH]c(=O)c1. The Balaban J connectivity index is 2.27. The van der Waals surface area contributed by atoms with Crippen molar-refractivity contribution in [1.82, 2.24) is 15.2 Å². The number of hydrogen-bond donors (Lipinski definition) is 2. The Hall–Kier alpha value is -1.62. The van der Waals surface area contributed by atoms with Gasteiger partial charge in [0.25, 0.3) is 5.91 Å². The van der Waals surface area contributed by atoms with Crippen molar-refractivity contribution < 1.29 is 4.79 Å². The van der Waals surface area contributed by atoms with E-state index < -0.39 is 0 Å². The molecule has 5 nitrogen and oxygen atoms in total. The fourth-order valence-electron chi connectivity index (χ4n) is 2.26. The van der Waals surface area contributed by atoms with Gasteiger partial charge in [0.1, 0.15) is 0 Å². The third kappa shape index (κ3) is 2.39. The van der Waals surface area contributed by atoms with Gasteiger partial charge in [0.2, 0.25) is 5.56 Å². The van der Waals surface area contributed by atoms with Crippen LogP contribution in [0.25, 0.3) is 0 Å². The topological polar surface area (TPSA) is 65.2 Å². The average molecular weight is 235 g/mol. The van der Waals surface area contributed by atoms with E-state index in [4.69, 9.17) is 0 Å². The molecule has 0 spiro atoms. The van der Waals surface area contributed by atoms with Crippen molar-refractivity contribution in [2.45, 2.75) is 25.9 Å². The number of piperazine rings is 1. The van der Waals surface area contributed by atoms with Gasteiger partial charge in [-0.15, -0.1) is 0 Å². The Morgan fingerprint density at radius 3 is 2.59 bits per heavy atom. The van der Waals surface area contributed by atoms with Gasteiger partial charge in [-0.3, -0.25) is 9.59 Å². The van der Waals surface area contributed by atoms with Crippen molar-refractivity contribution in [3.63, 3.8) is 0 Å². The maximum absolute atomic E-state index is 12.3. The molecule has 1 amide bonds. The van der Waals surface area contributed by atoms with Gasteiger partial charge in [0.05, 0.1) is 0 Å². The molecule has 2 unspecified atom stereocenters. The highest BCUT2D eigenvalue weighted by molar-refractivity contribution is 5.94. The van der Waals surface area contributed by atoms with Gasteiger partial charge in [-0.25, -0.2) is 0 Å². The lowest BCUT2D eigenvalue weighted by atomic mass is 10.1. The molecule has 0 radical (unpaired) electrons. The summed E-state index contributed by atoms with van der Waals surface area (Å²) in [4.78, 5) is 27.9. The number of carbonyl (C=O) groups is 1. The number of H-pyrrole nitrogens is 1. The summed E-state index contributed by atoms with van der Waals surface area (Å²) in [5.74, 6) is -0.0717. The Morgan fingerprint density at radius 1 is 1.35 bits per heavy atom. The fourth-order valence-corrected chi connectivity index (χ4v) is 2.26. The van der Waals surface area contributed by atoms with E-state index in [9.17, 15) is 9.59 Å². The molecule has 17 heavy (non-hydrogen) atoms. The van der Waals surface area contributed by atoms with E-state index >= 15 is 0 Å². The number of rotatable bonds is 1. The van der Waals surface area contributed by atoms with Crippen LogP contribution in [-0.2, 0) is 0 Å². The predicted octanol–water partition coefficient (Wildman–Crippen LogP) is 0.197. The zero-order valence-electron chi connectivity index (χ0n) is 10.1. The largest absolute Gasteiger partial charge is 0.331 e. The normalized spacial score (nSPS) is 24.7. The molecule has 1 aromatic rings. The van der Waals surface area contributed by atoms with E-state index in [-0.39, 0.29) is 23.6 Å². The molecule has 0 aliphatic carbocycles. The Bertz CT molecular complexity index is 459. The van der Waals surface area contributed by atoms with Crippen LogP contribution in [0.1, 0.15) is 24.2 Å². The maximum atomic E-state index is 12.3. The summed E-state index contributed by atoms with van der Waals surface area (Å²) < 4.78 is 0. The summed E-state index contributed by atoms with van der Waals surface area (Å²) in [5.41, 5.74) is 0.209. The zero-order chi connectivity index (χ0) is 12.4. The molecule has 92 valence electrons. The van der Waals surface area contributed by atoms with Crippen LogP contribution in [-0.4, -0.2) is 41.0 Å². The number of aromatic amines is 1. The number of pyridine rings is 1. The minimum atomic E-state index is -0.244. The molecule has 0 bridgehead atoms. The highest BCUT2D eigenvalue weighted by Crippen LogP contribution is 2.13. The molecule has 1 aromatic heterocycles. The summed E-state index contributed by atoms with van der Waals surface area (Å²) in [6, 6.07) is 3.28. The van der Waals surface area contributed by atoms with Gasteiger partial charge in [0.15, 0.2) is 0 Å². The van der Waals surface area contributed by atoms with Crippen molar-refractivity contribution >= 4 is 5.91 Å². The zero-order valence-corrected chi connectivity index (χ0v) is 10.1. The second kappa shape index (κ2) is 4.71. The van der Waals surface area contributed by atoms with E-state index in [0.29, 0.717) is 5.56 Å². The van der Waals surface area contributed by atoms with Crippen molar-refractivity contribution in [1.29, 1.82) is 0 Å². The van der Waals surface area contributed by atoms with Gasteiger partial charge in [-0.05, 0) is 19.9 Å². The molecule has 1 fully saturated rings. The fraction of sp³-hybridized carbons (Fsp3) is 0.500. The molecule has 2 heterocycles. The van der Waals surface area contributed by atoms with E-state index in [2.05, 4.69) is 10.3 Å². The average Bonchev–Trinajstić information content (AvgIpc) is 2.28. The van der Waals surface area contributed by atoms with Crippen LogP contribution in [0.5, 0.6) is 0 Å². The molecule has 2 atom stereocenters. The number of aromatic nitrogens is 1. The number of nitrogens with zero attached hydrogens (tertiary/aromatic N) is 1. The lowest BCUT2D eigenvalue weighted by Crippen LogP contribution is -2.57. The molecule has 2 N–H and O–H groups in total. The van der Waals surface area contributed by atoms with Gasteiger partial charge in [-0.1, -0.05) is 0 Å². The number of nitrogens with one attached hydrogen (secondary N) is 2. The molecular weight excluding hydrogens is 218 g/mol. The summed E-state index contributed by atoms with van der Waals surface area (Å²) >= 11 is 0. The minimum absolute atomic E-state index is 0.0717. The van der Waals surface area contributed by atoms with Crippen molar-refractivity contribution in [3.8, 4) is 0 Å². The van der Waals surface area contributed by atoms with Gasteiger partial charge in [-0.2, -0.15) is 0 Å². The Morgan fingerprint density at radius 2 is 2.00 bits per heavy atom. The summed E-state index contributed by atoms with van der Waals surface area (Å²) in [5, 5.41) is 3.27. The monoisotopic (exact) mass is 235 g/mol. The molecule has 1 aliphatic rings.